The lowest BCUT2D eigenvalue weighted by atomic mass is 9.83. The van der Waals surface area contributed by atoms with Crippen LogP contribution in [0.5, 0.6) is 0 Å². The van der Waals surface area contributed by atoms with Crippen LogP contribution in [0.2, 0.25) is 0 Å². The van der Waals surface area contributed by atoms with Crippen LogP contribution in [0.4, 0.5) is 0 Å². The molecule has 2 aromatic rings. The van der Waals surface area contributed by atoms with Gasteiger partial charge in [-0.25, -0.2) is 9.78 Å². The van der Waals surface area contributed by atoms with Crippen LogP contribution in [-0.4, -0.2) is 98.0 Å². The number of likely N-dealkylation sites (tertiary alicyclic amines) is 1. The lowest BCUT2D eigenvalue weighted by molar-refractivity contribution is -0.146. The van der Waals surface area contributed by atoms with Crippen LogP contribution in [0.1, 0.15) is 102 Å². The first-order valence-corrected chi connectivity index (χ1v) is 19.5. The summed E-state index contributed by atoms with van der Waals surface area (Å²) in [6.07, 6.45) is 9.99. The highest BCUT2D eigenvalue weighted by Gasteiger charge is 2.45. The third-order valence-corrected chi connectivity index (χ3v) is 10.6. The highest BCUT2D eigenvalue weighted by atomic mass is 16.4. The van der Waals surface area contributed by atoms with Crippen LogP contribution in [0.15, 0.2) is 48.9 Å². The second-order valence-corrected chi connectivity index (χ2v) is 14.9. The van der Waals surface area contributed by atoms with Crippen LogP contribution in [0.25, 0.3) is 0 Å². The van der Waals surface area contributed by atoms with Crippen molar-refractivity contribution in [2.75, 3.05) is 6.54 Å². The molecular formula is C40H55N7O8. The number of Topliss-reactive ketones (excluding diaryl/α,β-unsaturated/α-hetero) is 1. The molecule has 1 aromatic carbocycles. The molecule has 2 heterocycles. The van der Waals surface area contributed by atoms with E-state index in [0.717, 1.165) is 32.1 Å². The zero-order valence-corrected chi connectivity index (χ0v) is 32.2. The van der Waals surface area contributed by atoms with Gasteiger partial charge in [-0.05, 0) is 49.0 Å². The summed E-state index contributed by atoms with van der Waals surface area (Å²) in [6, 6.07) is 3.12. The van der Waals surface area contributed by atoms with Gasteiger partial charge >= 0.3 is 5.97 Å². The maximum Gasteiger partial charge on any atom is 0.326 e. The molecule has 2 fully saturated rings. The normalized spacial score (nSPS) is 19.4. The number of aromatic nitrogens is 2. The SMILES string of the molecule is CCCC(NC(=O)[C@@H]1[C@@H](CC)CCN1C(=O)[C@@H](NC(=O)[C@@H](NC(=O)c1cnccn1)C1CCCCC1)C(C)C)C(=O)C(=O)N[C@@H](Cc1ccccc1)C(=O)O. The van der Waals surface area contributed by atoms with E-state index in [1.165, 1.54) is 23.5 Å². The standard InChI is InChI=1S/C40H55N7O8/c1-5-13-28(34(48)38(52)44-29(40(54)55)22-25-14-9-7-10-15-25)43-37(51)33-26(6-2)18-21-47(33)39(53)31(24(3)4)45-36(50)32(27-16-11-8-12-17-27)46-35(49)30-23-41-19-20-42-30/h7,9-10,14-15,19-20,23-24,26-29,31-33H,5-6,8,11-13,16-18,21-22H2,1-4H3,(H,43,51)(H,44,52)(H,45,50)(H,46,49)(H,54,55)/t26-,28?,29-,31-,32-,33-/m0/s1. The molecular weight excluding hydrogens is 706 g/mol. The molecule has 0 radical (unpaired) electrons. The lowest BCUT2D eigenvalue weighted by Crippen LogP contribution is -2.61. The average Bonchev–Trinajstić information content (AvgIpc) is 3.63. The number of rotatable bonds is 18. The van der Waals surface area contributed by atoms with Gasteiger partial charge in [0.2, 0.25) is 23.5 Å². The van der Waals surface area contributed by atoms with E-state index in [4.69, 9.17) is 0 Å². The van der Waals surface area contributed by atoms with Crippen molar-refractivity contribution in [1.82, 2.24) is 36.1 Å². The summed E-state index contributed by atoms with van der Waals surface area (Å²) in [7, 11) is 0. The van der Waals surface area contributed by atoms with E-state index in [1.807, 2.05) is 6.92 Å². The predicted octanol–water partition coefficient (Wildman–Crippen LogP) is 2.59. The van der Waals surface area contributed by atoms with Gasteiger partial charge in [-0.2, -0.15) is 0 Å². The van der Waals surface area contributed by atoms with E-state index in [9.17, 15) is 38.7 Å². The molecule has 298 valence electrons. The smallest absolute Gasteiger partial charge is 0.326 e. The number of carbonyl (C=O) groups excluding carboxylic acids is 6. The van der Waals surface area contributed by atoms with Gasteiger partial charge in [0.05, 0.1) is 12.2 Å². The summed E-state index contributed by atoms with van der Waals surface area (Å²) in [5.74, 6) is -6.36. The Morgan fingerprint density at radius 3 is 2.18 bits per heavy atom. The Morgan fingerprint density at radius 2 is 1.58 bits per heavy atom. The Kier molecular flexibility index (Phi) is 15.8. The summed E-state index contributed by atoms with van der Waals surface area (Å²) in [5, 5.41) is 20.6. The number of carbonyl (C=O) groups is 7. The van der Waals surface area contributed by atoms with Crippen molar-refractivity contribution < 1.29 is 38.7 Å². The fourth-order valence-corrected chi connectivity index (χ4v) is 7.57. The third-order valence-electron chi connectivity index (χ3n) is 10.6. The Bertz CT molecular complexity index is 1650. The van der Waals surface area contributed by atoms with E-state index in [2.05, 4.69) is 31.2 Å². The average molecular weight is 762 g/mol. The zero-order chi connectivity index (χ0) is 40.1. The molecule has 0 bridgehead atoms. The number of nitrogens with one attached hydrogen (secondary N) is 4. The van der Waals surface area contributed by atoms with Gasteiger partial charge < -0.3 is 31.3 Å². The molecule has 5 amide bonds. The summed E-state index contributed by atoms with van der Waals surface area (Å²) < 4.78 is 0. The largest absolute Gasteiger partial charge is 0.480 e. The molecule has 55 heavy (non-hydrogen) atoms. The molecule has 15 nitrogen and oxygen atoms in total. The quantitative estimate of drug-likeness (QED) is 0.140. The molecule has 6 atom stereocenters. The van der Waals surface area contributed by atoms with E-state index < -0.39 is 71.5 Å². The fourth-order valence-electron chi connectivity index (χ4n) is 7.57. The molecule has 1 aliphatic heterocycles. The zero-order valence-electron chi connectivity index (χ0n) is 32.2. The summed E-state index contributed by atoms with van der Waals surface area (Å²) in [4.78, 5) is 104. The Labute approximate surface area is 322 Å². The predicted molar refractivity (Wildman–Crippen MR) is 202 cm³/mol. The molecule has 4 rings (SSSR count). The van der Waals surface area contributed by atoms with E-state index in [-0.39, 0.29) is 42.8 Å². The van der Waals surface area contributed by atoms with Crippen molar-refractivity contribution in [3.8, 4) is 0 Å². The summed E-state index contributed by atoms with van der Waals surface area (Å²) in [5.41, 5.74) is 0.722. The van der Waals surface area contributed by atoms with E-state index in [1.54, 1.807) is 51.1 Å². The van der Waals surface area contributed by atoms with Crippen molar-refractivity contribution in [2.24, 2.45) is 17.8 Å². The van der Waals surface area contributed by atoms with Gasteiger partial charge in [0.15, 0.2) is 0 Å². The van der Waals surface area contributed by atoms with Crippen molar-refractivity contribution >= 4 is 41.3 Å². The maximum atomic E-state index is 14.4. The number of benzene rings is 1. The number of nitrogens with zero attached hydrogens (tertiary/aromatic N) is 3. The molecule has 1 saturated heterocycles. The van der Waals surface area contributed by atoms with Crippen LogP contribution in [0, 0.1) is 17.8 Å². The molecule has 1 aromatic heterocycles. The van der Waals surface area contributed by atoms with Crippen molar-refractivity contribution in [1.29, 1.82) is 0 Å². The van der Waals surface area contributed by atoms with Crippen LogP contribution in [0.3, 0.4) is 0 Å². The van der Waals surface area contributed by atoms with Crippen LogP contribution < -0.4 is 21.3 Å². The Balaban J connectivity index is 1.50. The number of aliphatic carboxylic acids is 1. The van der Waals surface area contributed by atoms with Gasteiger partial charge in [0.1, 0.15) is 29.9 Å². The second-order valence-electron chi connectivity index (χ2n) is 14.9. The van der Waals surface area contributed by atoms with Crippen molar-refractivity contribution in [2.45, 2.75) is 122 Å². The van der Waals surface area contributed by atoms with Gasteiger partial charge in [0.25, 0.3) is 11.8 Å². The first kappa shape index (κ1) is 42.5. The number of carboxylic acids is 1. The summed E-state index contributed by atoms with van der Waals surface area (Å²) >= 11 is 0. The highest BCUT2D eigenvalue weighted by Crippen LogP contribution is 2.30. The number of hydrogen-bond acceptors (Lipinski definition) is 9. The minimum Gasteiger partial charge on any atom is -0.480 e. The minimum atomic E-state index is -1.37. The molecule has 5 N–H and O–H groups in total. The van der Waals surface area contributed by atoms with E-state index in [0.29, 0.717) is 24.8 Å². The molecule has 1 saturated carbocycles. The lowest BCUT2D eigenvalue weighted by Gasteiger charge is -2.35. The topological polar surface area (TPSA) is 217 Å². The molecule has 2 aliphatic rings. The van der Waals surface area contributed by atoms with Crippen LogP contribution in [-0.2, 0) is 35.2 Å². The Hall–Kier alpha value is -5.21. The van der Waals surface area contributed by atoms with Gasteiger partial charge in [-0.3, -0.25) is 33.8 Å². The number of ketones is 1. The molecule has 1 unspecified atom stereocenters. The van der Waals surface area contributed by atoms with Gasteiger partial charge in [0, 0.05) is 25.4 Å². The van der Waals surface area contributed by atoms with Crippen molar-refractivity contribution in [3.05, 3.63) is 60.2 Å². The molecule has 1 aliphatic carbocycles. The number of carboxylic acid groups (broad SMARTS) is 1. The highest BCUT2D eigenvalue weighted by molar-refractivity contribution is 6.38. The minimum absolute atomic E-state index is 0.0413. The van der Waals surface area contributed by atoms with E-state index >= 15 is 0 Å². The summed E-state index contributed by atoms with van der Waals surface area (Å²) in [6.45, 7) is 7.49. The second kappa shape index (κ2) is 20.5. The van der Waals surface area contributed by atoms with Gasteiger partial charge in [-0.15, -0.1) is 0 Å². The number of amides is 5. The fraction of sp³-hybridized carbons (Fsp3) is 0.575. The molecule has 15 heteroatoms. The number of hydrogen-bond donors (Lipinski definition) is 5. The van der Waals surface area contributed by atoms with Crippen LogP contribution >= 0.6 is 0 Å². The first-order valence-electron chi connectivity index (χ1n) is 19.5. The van der Waals surface area contributed by atoms with Crippen molar-refractivity contribution in [3.63, 3.8) is 0 Å². The van der Waals surface area contributed by atoms with Gasteiger partial charge in [-0.1, -0.05) is 90.1 Å². The monoisotopic (exact) mass is 761 g/mol. The Morgan fingerprint density at radius 1 is 0.873 bits per heavy atom. The maximum absolute atomic E-state index is 14.4. The first-order chi connectivity index (χ1) is 26.4. The third kappa shape index (κ3) is 11.4. The molecule has 0 spiro atoms.